The van der Waals surface area contributed by atoms with E-state index in [-0.39, 0.29) is 21.6 Å². The van der Waals surface area contributed by atoms with Gasteiger partial charge in [0.25, 0.3) is 0 Å². The van der Waals surface area contributed by atoms with E-state index in [1.54, 1.807) is 0 Å². The van der Waals surface area contributed by atoms with Crippen LogP contribution in [0.25, 0.3) is 0 Å². The van der Waals surface area contributed by atoms with Gasteiger partial charge < -0.3 is 0 Å². The quantitative estimate of drug-likeness (QED) is 0.469. The first-order valence-corrected chi connectivity index (χ1v) is 4.87. The summed E-state index contributed by atoms with van der Waals surface area (Å²) in [6.07, 6.45) is 4.26. The second-order valence-corrected chi connectivity index (χ2v) is 3.74. The molecule has 0 atom stereocenters. The topological polar surface area (TPSA) is 0 Å². The van der Waals surface area contributed by atoms with Gasteiger partial charge in [-0.05, 0) is 0 Å². The summed E-state index contributed by atoms with van der Waals surface area (Å²) in [6, 6.07) is 0. The van der Waals surface area contributed by atoms with Gasteiger partial charge in [0.2, 0.25) is 0 Å². The van der Waals surface area contributed by atoms with Crippen molar-refractivity contribution in [3.8, 4) is 0 Å². The molecule has 26 valence electrons. The van der Waals surface area contributed by atoms with E-state index < -0.39 is 0 Å². The Morgan fingerprint density at radius 1 is 1.00 bits per heavy atom. The Balaban J connectivity index is 2.61. The van der Waals surface area contributed by atoms with Crippen LogP contribution in [0, 0.1) is 0 Å². The molecule has 1 rings (SSSR count). The van der Waals surface area contributed by atoms with Gasteiger partial charge >= 0.3 is 41.8 Å². The maximum atomic E-state index is 2.30. The van der Waals surface area contributed by atoms with Crippen LogP contribution in [0.2, 0.25) is 0 Å². The predicted molar refractivity (Wildman–Crippen MR) is 25.4 cm³/mol. The number of hydrogen-bond acceptors (Lipinski definition) is 0. The average Bonchev–Trinajstić information content (AvgIpc) is 1.76. The van der Waals surface area contributed by atoms with Crippen LogP contribution in [0.5, 0.6) is 0 Å². The van der Waals surface area contributed by atoms with Crippen LogP contribution < -0.4 is 0 Å². The number of rotatable bonds is 0. The Morgan fingerprint density at radius 3 is 1.80 bits per heavy atom. The van der Waals surface area contributed by atoms with Crippen molar-refractivity contribution in [2.45, 2.75) is 0 Å². The molecule has 0 aliphatic carbocycles. The van der Waals surface area contributed by atoms with E-state index in [4.69, 9.17) is 0 Å². The normalized spacial score (nSPS) is 17.6. The fourth-order valence-corrected chi connectivity index (χ4v) is 1.86. The molecule has 0 aromatic rings. The van der Waals surface area contributed by atoms with E-state index >= 15 is 0 Å². The van der Waals surface area contributed by atoms with Crippen LogP contribution in [0.4, 0.5) is 0 Å². The van der Waals surface area contributed by atoms with Crippen molar-refractivity contribution in [1.82, 2.24) is 0 Å². The van der Waals surface area contributed by atoms with Gasteiger partial charge in [-0.25, -0.2) is 0 Å². The van der Waals surface area contributed by atoms with Crippen LogP contribution in [-0.2, 0) is 0 Å². The van der Waals surface area contributed by atoms with E-state index in [0.717, 1.165) is 0 Å². The zero-order valence-corrected chi connectivity index (χ0v) is 5.66. The minimum absolute atomic E-state index is 0.0322. The monoisotopic (exact) mass is 174 g/mol. The molecule has 0 N–H and O–H groups in total. The third kappa shape index (κ3) is 0.809. The molecule has 0 saturated carbocycles. The van der Waals surface area contributed by atoms with Crippen molar-refractivity contribution in [2.75, 3.05) is 0 Å². The third-order valence-electron chi connectivity index (χ3n) is 0.496. The molecule has 0 nitrogen and oxygen atoms in total. The van der Waals surface area contributed by atoms with Gasteiger partial charge in [-0.3, -0.25) is 0 Å². The summed E-state index contributed by atoms with van der Waals surface area (Å²) in [6.45, 7) is 0. The summed E-state index contributed by atoms with van der Waals surface area (Å²) in [4.78, 5) is 0. The fourth-order valence-electron chi connectivity index (χ4n) is 0.278. The molecule has 1 heteroatoms. The van der Waals surface area contributed by atoms with Crippen LogP contribution in [0.3, 0.4) is 0 Å². The molecular formula is C4H5Sb. The SMILES string of the molecule is C1=[CH][SbH][CH]=C1. The van der Waals surface area contributed by atoms with Crippen LogP contribution in [0.15, 0.2) is 20.2 Å². The molecule has 0 aromatic carbocycles. The van der Waals surface area contributed by atoms with Crippen molar-refractivity contribution in [2.24, 2.45) is 0 Å². The first-order chi connectivity index (χ1) is 2.50. The summed E-state index contributed by atoms with van der Waals surface area (Å²) in [7, 11) is 0. The van der Waals surface area contributed by atoms with E-state index in [1.807, 2.05) is 0 Å². The van der Waals surface area contributed by atoms with Crippen LogP contribution in [0.1, 0.15) is 0 Å². The molecule has 0 spiro atoms. The molecule has 0 aromatic heterocycles. The molecule has 0 saturated heterocycles. The average molecular weight is 175 g/mol. The third-order valence-corrected chi connectivity index (χ3v) is 2.69. The summed E-state index contributed by atoms with van der Waals surface area (Å²) in [5, 5.41) is 0. The van der Waals surface area contributed by atoms with Gasteiger partial charge in [0.15, 0.2) is 0 Å². The van der Waals surface area contributed by atoms with Crippen molar-refractivity contribution < 1.29 is 0 Å². The molecule has 0 unspecified atom stereocenters. The molecular weight excluding hydrogens is 170 g/mol. The van der Waals surface area contributed by atoms with Crippen molar-refractivity contribution in [3.63, 3.8) is 0 Å². The van der Waals surface area contributed by atoms with Gasteiger partial charge in [-0.2, -0.15) is 0 Å². The molecule has 0 amide bonds. The molecule has 0 bridgehead atoms. The summed E-state index contributed by atoms with van der Waals surface area (Å²) >= 11 is -0.0322. The number of hydrogen-bond donors (Lipinski definition) is 0. The summed E-state index contributed by atoms with van der Waals surface area (Å²) in [5.74, 6) is 0. The first-order valence-electron chi connectivity index (χ1n) is 1.58. The maximum absolute atomic E-state index is 2.30. The Hall–Kier alpha value is 0.298. The van der Waals surface area contributed by atoms with Gasteiger partial charge in [-0.1, -0.05) is 0 Å². The van der Waals surface area contributed by atoms with Crippen LogP contribution >= 0.6 is 0 Å². The van der Waals surface area contributed by atoms with E-state index in [1.165, 1.54) is 0 Å². The molecule has 5 heavy (non-hydrogen) atoms. The van der Waals surface area contributed by atoms with Gasteiger partial charge in [0.1, 0.15) is 0 Å². The zero-order valence-electron chi connectivity index (χ0n) is 2.81. The second-order valence-electron chi connectivity index (χ2n) is 0.885. The fraction of sp³-hybridized carbons (Fsp3) is 0. The zero-order chi connectivity index (χ0) is 3.54. The summed E-state index contributed by atoms with van der Waals surface area (Å²) in [5.41, 5.74) is 0. The minimum atomic E-state index is -0.0322. The van der Waals surface area contributed by atoms with Crippen molar-refractivity contribution in [3.05, 3.63) is 20.2 Å². The van der Waals surface area contributed by atoms with E-state index in [9.17, 15) is 0 Å². The molecule has 1 aliphatic rings. The van der Waals surface area contributed by atoms with Crippen LogP contribution in [-0.4, -0.2) is 21.6 Å². The molecule has 1 heterocycles. The molecule has 0 radical (unpaired) electrons. The Bertz CT molecular complexity index is 61.7. The predicted octanol–water partition coefficient (Wildman–Crippen LogP) is 0.464. The molecule has 0 fully saturated rings. The van der Waals surface area contributed by atoms with Crippen molar-refractivity contribution in [1.29, 1.82) is 0 Å². The van der Waals surface area contributed by atoms with Gasteiger partial charge in [-0.15, -0.1) is 0 Å². The Kier molecular flexibility index (Phi) is 1.16. The van der Waals surface area contributed by atoms with Crippen molar-refractivity contribution >= 4 is 21.6 Å². The standard InChI is InChI=1S/C4H4.Sb.H/c1-3-4-2;;/h1-4H;;. The summed E-state index contributed by atoms with van der Waals surface area (Å²) < 4.78 is 4.59. The van der Waals surface area contributed by atoms with Gasteiger partial charge in [0.05, 0.1) is 0 Å². The number of allylic oxidation sites excluding steroid dienone is 2. The molecule has 1 aliphatic heterocycles. The second kappa shape index (κ2) is 1.67. The first kappa shape index (κ1) is 3.49. The van der Waals surface area contributed by atoms with Gasteiger partial charge in [0, 0.05) is 0 Å². The Morgan fingerprint density at radius 2 is 1.60 bits per heavy atom. The Labute approximate surface area is 42.1 Å². The van der Waals surface area contributed by atoms with E-state index in [0.29, 0.717) is 0 Å². The van der Waals surface area contributed by atoms with E-state index in [2.05, 4.69) is 20.2 Å².